The van der Waals surface area contributed by atoms with Gasteiger partial charge in [0.25, 0.3) is 0 Å². The Morgan fingerprint density at radius 2 is 2.05 bits per heavy atom. The van der Waals surface area contributed by atoms with Crippen molar-refractivity contribution in [3.8, 4) is 11.5 Å². The second-order valence-corrected chi connectivity index (χ2v) is 5.40. The lowest BCUT2D eigenvalue weighted by Gasteiger charge is -2.30. The number of hydrogen-bond donors (Lipinski definition) is 1. The van der Waals surface area contributed by atoms with E-state index < -0.39 is 0 Å². The number of rotatable bonds is 2. The average molecular weight is 276 g/mol. The maximum Gasteiger partial charge on any atom is 0.317 e. The zero-order valence-corrected chi connectivity index (χ0v) is 11.9. The van der Waals surface area contributed by atoms with Crippen LogP contribution in [-0.4, -0.2) is 30.3 Å². The van der Waals surface area contributed by atoms with Gasteiger partial charge < -0.3 is 19.7 Å². The highest BCUT2D eigenvalue weighted by molar-refractivity contribution is 5.75. The molecule has 1 N–H and O–H groups in total. The molecule has 0 aromatic heterocycles. The van der Waals surface area contributed by atoms with E-state index in [1.165, 1.54) is 5.56 Å². The minimum Gasteiger partial charge on any atom is -0.454 e. The summed E-state index contributed by atoms with van der Waals surface area (Å²) in [5.41, 5.74) is 2.40. The van der Waals surface area contributed by atoms with Crippen molar-refractivity contribution >= 4 is 6.03 Å². The van der Waals surface area contributed by atoms with E-state index in [0.29, 0.717) is 6.54 Å². The Hall–Kier alpha value is -1.91. The zero-order valence-electron chi connectivity index (χ0n) is 11.9. The van der Waals surface area contributed by atoms with Crippen LogP contribution in [0.3, 0.4) is 0 Å². The Morgan fingerprint density at radius 3 is 2.75 bits per heavy atom. The number of hydrogen-bond acceptors (Lipinski definition) is 3. The highest BCUT2D eigenvalue weighted by Gasteiger charge is 2.24. The van der Waals surface area contributed by atoms with E-state index in [2.05, 4.69) is 12.2 Å². The fourth-order valence-corrected chi connectivity index (χ4v) is 2.52. The molecule has 20 heavy (non-hydrogen) atoms. The van der Waals surface area contributed by atoms with E-state index in [4.69, 9.17) is 9.47 Å². The molecule has 2 aliphatic rings. The van der Waals surface area contributed by atoms with Crippen molar-refractivity contribution in [2.75, 3.05) is 13.3 Å². The molecule has 2 heterocycles. The summed E-state index contributed by atoms with van der Waals surface area (Å²) in [6, 6.07) is 4.27. The molecule has 108 valence electrons. The van der Waals surface area contributed by atoms with E-state index in [1.54, 1.807) is 0 Å². The monoisotopic (exact) mass is 276 g/mol. The summed E-state index contributed by atoms with van der Waals surface area (Å²) < 4.78 is 10.8. The van der Waals surface area contributed by atoms with Gasteiger partial charge in [0, 0.05) is 19.1 Å². The molecule has 0 saturated carbocycles. The Bertz CT molecular complexity index is 530. The maximum absolute atomic E-state index is 12.2. The van der Waals surface area contributed by atoms with Crippen LogP contribution >= 0.6 is 0 Å². The number of benzene rings is 1. The SMILES string of the molecule is CCC(C)NC(=O)N1CCc2cc3c(cc2C1)OCO3. The Morgan fingerprint density at radius 1 is 1.35 bits per heavy atom. The van der Waals surface area contributed by atoms with Crippen molar-refractivity contribution < 1.29 is 14.3 Å². The van der Waals surface area contributed by atoms with Crippen LogP contribution in [0.2, 0.25) is 0 Å². The molecule has 5 heteroatoms. The molecule has 1 atom stereocenters. The Balaban J connectivity index is 1.73. The first kappa shape index (κ1) is 13.1. The molecule has 1 aromatic carbocycles. The number of amides is 2. The van der Waals surface area contributed by atoms with Crippen molar-refractivity contribution in [1.29, 1.82) is 0 Å². The van der Waals surface area contributed by atoms with E-state index >= 15 is 0 Å². The minimum atomic E-state index is 0.0164. The number of urea groups is 1. The maximum atomic E-state index is 12.2. The molecule has 1 unspecified atom stereocenters. The molecule has 3 rings (SSSR count). The molecule has 2 amide bonds. The van der Waals surface area contributed by atoms with Gasteiger partial charge in [0.2, 0.25) is 6.79 Å². The third-order valence-corrected chi connectivity index (χ3v) is 3.98. The zero-order chi connectivity index (χ0) is 14.1. The molecule has 0 spiro atoms. The van der Waals surface area contributed by atoms with E-state index in [9.17, 15) is 4.79 Å². The lowest BCUT2D eigenvalue weighted by Crippen LogP contribution is -2.45. The van der Waals surface area contributed by atoms with Crippen molar-refractivity contribution in [2.24, 2.45) is 0 Å². The van der Waals surface area contributed by atoms with Gasteiger partial charge in [0.1, 0.15) is 0 Å². The third kappa shape index (κ3) is 2.40. The van der Waals surface area contributed by atoms with E-state index in [-0.39, 0.29) is 18.9 Å². The second-order valence-electron chi connectivity index (χ2n) is 5.40. The second kappa shape index (κ2) is 5.23. The first-order chi connectivity index (χ1) is 9.67. The summed E-state index contributed by atoms with van der Waals surface area (Å²) in [4.78, 5) is 14.0. The fraction of sp³-hybridized carbons (Fsp3) is 0.533. The molecule has 0 aliphatic carbocycles. The van der Waals surface area contributed by atoms with Gasteiger partial charge in [-0.05, 0) is 43.0 Å². The molecule has 1 aromatic rings. The van der Waals surface area contributed by atoms with Gasteiger partial charge in [-0.3, -0.25) is 0 Å². The summed E-state index contributed by atoms with van der Waals surface area (Å²) in [7, 11) is 0. The number of nitrogens with one attached hydrogen (secondary N) is 1. The molecule has 0 bridgehead atoms. The predicted molar refractivity (Wildman–Crippen MR) is 75.0 cm³/mol. The van der Waals surface area contributed by atoms with Crippen molar-refractivity contribution in [1.82, 2.24) is 10.2 Å². The summed E-state index contributed by atoms with van der Waals surface area (Å²) in [5.74, 6) is 1.61. The topological polar surface area (TPSA) is 50.8 Å². The van der Waals surface area contributed by atoms with Crippen LogP contribution in [0.5, 0.6) is 11.5 Å². The first-order valence-corrected chi connectivity index (χ1v) is 7.14. The lowest BCUT2D eigenvalue weighted by atomic mass is 9.99. The van der Waals surface area contributed by atoms with Gasteiger partial charge in [-0.1, -0.05) is 6.92 Å². The van der Waals surface area contributed by atoms with Crippen molar-refractivity contribution in [2.45, 2.75) is 39.3 Å². The van der Waals surface area contributed by atoms with Crippen molar-refractivity contribution in [3.63, 3.8) is 0 Å². The van der Waals surface area contributed by atoms with E-state index in [1.807, 2.05) is 24.0 Å². The normalized spacial score (nSPS) is 17.6. The van der Waals surface area contributed by atoms with Crippen LogP contribution < -0.4 is 14.8 Å². The van der Waals surface area contributed by atoms with Crippen LogP contribution in [0.1, 0.15) is 31.4 Å². The van der Waals surface area contributed by atoms with Crippen molar-refractivity contribution in [3.05, 3.63) is 23.3 Å². The van der Waals surface area contributed by atoms with Crippen LogP contribution in [-0.2, 0) is 13.0 Å². The number of fused-ring (bicyclic) bond motifs is 2. The Labute approximate surface area is 118 Å². The number of ether oxygens (including phenoxy) is 2. The molecule has 2 aliphatic heterocycles. The summed E-state index contributed by atoms with van der Waals surface area (Å²) in [6.45, 7) is 5.75. The molecule has 0 radical (unpaired) electrons. The van der Waals surface area contributed by atoms with Crippen LogP contribution in [0.15, 0.2) is 12.1 Å². The van der Waals surface area contributed by atoms with Gasteiger partial charge in [-0.2, -0.15) is 0 Å². The Kier molecular flexibility index (Phi) is 3.42. The molecular formula is C15H20N2O3. The van der Waals surface area contributed by atoms with Crippen LogP contribution in [0, 0.1) is 0 Å². The number of carbonyl (C=O) groups is 1. The van der Waals surface area contributed by atoms with Crippen LogP contribution in [0.4, 0.5) is 4.79 Å². The largest absolute Gasteiger partial charge is 0.454 e. The average Bonchev–Trinajstić information content (AvgIpc) is 2.91. The highest BCUT2D eigenvalue weighted by Crippen LogP contribution is 2.36. The molecule has 0 saturated heterocycles. The molecule has 5 nitrogen and oxygen atoms in total. The van der Waals surface area contributed by atoms with Crippen LogP contribution in [0.25, 0.3) is 0 Å². The fourth-order valence-electron chi connectivity index (χ4n) is 2.52. The van der Waals surface area contributed by atoms with Gasteiger partial charge in [0.15, 0.2) is 11.5 Å². The smallest absolute Gasteiger partial charge is 0.317 e. The molecular weight excluding hydrogens is 256 g/mol. The predicted octanol–water partition coefficient (Wildman–Crippen LogP) is 2.28. The minimum absolute atomic E-state index is 0.0164. The van der Waals surface area contributed by atoms with Gasteiger partial charge in [-0.25, -0.2) is 4.79 Å². The number of nitrogens with zero attached hydrogens (tertiary/aromatic N) is 1. The summed E-state index contributed by atoms with van der Waals surface area (Å²) >= 11 is 0. The van der Waals surface area contributed by atoms with Gasteiger partial charge in [-0.15, -0.1) is 0 Å². The first-order valence-electron chi connectivity index (χ1n) is 7.14. The van der Waals surface area contributed by atoms with Gasteiger partial charge in [0.05, 0.1) is 0 Å². The summed E-state index contributed by atoms with van der Waals surface area (Å²) in [6.07, 6.45) is 1.80. The standard InChI is InChI=1S/C15H20N2O3/c1-3-10(2)16-15(18)17-5-4-11-6-13-14(20-9-19-13)7-12(11)8-17/h6-7,10H,3-5,8-9H2,1-2H3,(H,16,18). The molecule has 0 fully saturated rings. The third-order valence-electron chi connectivity index (χ3n) is 3.98. The quantitative estimate of drug-likeness (QED) is 0.901. The lowest BCUT2D eigenvalue weighted by molar-refractivity contribution is 0.174. The number of carbonyl (C=O) groups excluding carboxylic acids is 1. The van der Waals surface area contributed by atoms with Gasteiger partial charge >= 0.3 is 6.03 Å². The summed E-state index contributed by atoms with van der Waals surface area (Å²) in [5, 5.41) is 3.01. The van der Waals surface area contributed by atoms with E-state index in [0.717, 1.165) is 36.4 Å². The highest BCUT2D eigenvalue weighted by atomic mass is 16.7.